The summed E-state index contributed by atoms with van der Waals surface area (Å²) in [5, 5.41) is 25.5. The number of hydrogen-bond donors (Lipinski definition) is 6. The first-order valence-electron chi connectivity index (χ1n) is 14.5. The molecule has 0 fully saturated rings. The number of aromatic nitrogens is 1. The summed E-state index contributed by atoms with van der Waals surface area (Å²) in [6.45, 7) is 1.05. The first-order chi connectivity index (χ1) is 21.9. The van der Waals surface area contributed by atoms with Crippen LogP contribution in [0.2, 0.25) is 0 Å². The van der Waals surface area contributed by atoms with Crippen LogP contribution in [-0.4, -0.2) is 64.3 Å². The monoisotopic (exact) mass is 645 g/mol. The number of anilines is 1. The highest BCUT2D eigenvalue weighted by molar-refractivity contribution is 5.88. The van der Waals surface area contributed by atoms with Crippen molar-refractivity contribution in [3.8, 4) is 11.1 Å². The van der Waals surface area contributed by atoms with Gasteiger partial charge in [0.2, 0.25) is 11.8 Å². The molecule has 1 aromatic heterocycles. The largest absolute Gasteiger partial charge is 0.490 e. The van der Waals surface area contributed by atoms with Crippen molar-refractivity contribution >= 4 is 29.6 Å². The Morgan fingerprint density at radius 2 is 1.46 bits per heavy atom. The van der Waals surface area contributed by atoms with Gasteiger partial charge in [-0.2, -0.15) is 13.2 Å². The summed E-state index contributed by atoms with van der Waals surface area (Å²) >= 11 is 0. The summed E-state index contributed by atoms with van der Waals surface area (Å²) in [7, 11) is 0. The van der Waals surface area contributed by atoms with Crippen LogP contribution in [0.25, 0.3) is 11.1 Å². The molecule has 3 aromatic rings. The number of nitrogens with zero attached hydrogens (tertiary/aromatic N) is 1. The lowest BCUT2D eigenvalue weighted by molar-refractivity contribution is -0.192. The Kier molecular flexibility index (Phi) is 15.7. The van der Waals surface area contributed by atoms with Crippen LogP contribution in [-0.2, 0) is 19.2 Å². The van der Waals surface area contributed by atoms with E-state index in [1.807, 2.05) is 72.8 Å². The van der Waals surface area contributed by atoms with Crippen molar-refractivity contribution in [3.05, 3.63) is 84.6 Å². The first kappa shape index (κ1) is 37.2. The van der Waals surface area contributed by atoms with E-state index in [1.165, 1.54) is 0 Å². The summed E-state index contributed by atoms with van der Waals surface area (Å²) in [5.74, 6) is -3.71. The number of hydrogen-bond acceptors (Lipinski definition) is 7. The highest BCUT2D eigenvalue weighted by Gasteiger charge is 2.38. The van der Waals surface area contributed by atoms with Gasteiger partial charge in [0, 0.05) is 19.2 Å². The van der Waals surface area contributed by atoms with Gasteiger partial charge in [0.05, 0.1) is 12.5 Å². The molecule has 0 aliphatic carbocycles. The number of alkyl halides is 3. The fourth-order valence-corrected chi connectivity index (χ4v) is 4.20. The fraction of sp³-hybridized carbons (Fsp3) is 0.344. The number of nitrogens with two attached hydrogens (primary N) is 1. The summed E-state index contributed by atoms with van der Waals surface area (Å²) in [6.07, 6.45) is -1.09. The molecule has 0 saturated carbocycles. The second kappa shape index (κ2) is 19.4. The average molecular weight is 646 g/mol. The summed E-state index contributed by atoms with van der Waals surface area (Å²) in [4.78, 5) is 50.6. The van der Waals surface area contributed by atoms with Crippen LogP contribution in [0.5, 0.6) is 0 Å². The number of amides is 2. The molecule has 46 heavy (non-hydrogen) atoms. The van der Waals surface area contributed by atoms with Gasteiger partial charge in [-0.15, -0.1) is 0 Å². The molecule has 1 unspecified atom stereocenters. The second-order valence-corrected chi connectivity index (χ2v) is 10.1. The molecule has 0 spiro atoms. The molecule has 2 amide bonds. The van der Waals surface area contributed by atoms with E-state index < -0.39 is 36.1 Å². The molecule has 248 valence electrons. The molecular weight excluding hydrogens is 607 g/mol. The van der Waals surface area contributed by atoms with E-state index in [0.29, 0.717) is 44.3 Å². The fourth-order valence-electron chi connectivity index (χ4n) is 4.20. The molecule has 7 N–H and O–H groups in total. The Balaban J connectivity index is 0.000000942. The molecule has 0 bridgehead atoms. The van der Waals surface area contributed by atoms with E-state index in [-0.39, 0.29) is 18.7 Å². The third-order valence-electron chi connectivity index (χ3n) is 6.51. The molecule has 3 rings (SSSR count). The molecule has 0 aliphatic heterocycles. The van der Waals surface area contributed by atoms with E-state index in [1.54, 1.807) is 6.20 Å². The topological polar surface area (TPSA) is 184 Å². The molecular formula is C32H38F3N5O6. The molecule has 11 nitrogen and oxygen atoms in total. The maximum Gasteiger partial charge on any atom is 0.490 e. The van der Waals surface area contributed by atoms with E-state index in [2.05, 4.69) is 20.9 Å². The van der Waals surface area contributed by atoms with Crippen LogP contribution >= 0.6 is 0 Å². The molecule has 2 aromatic carbocycles. The number of rotatable bonds is 16. The molecule has 0 radical (unpaired) electrons. The number of carboxylic acids is 2. The van der Waals surface area contributed by atoms with E-state index in [4.69, 9.17) is 15.6 Å². The maximum atomic E-state index is 13.3. The van der Waals surface area contributed by atoms with Crippen molar-refractivity contribution in [2.75, 3.05) is 18.4 Å². The van der Waals surface area contributed by atoms with Gasteiger partial charge in [-0.1, -0.05) is 60.7 Å². The van der Waals surface area contributed by atoms with Crippen LogP contribution in [0, 0.1) is 0 Å². The second-order valence-electron chi connectivity index (χ2n) is 10.1. The number of pyridine rings is 1. The van der Waals surface area contributed by atoms with E-state index in [9.17, 15) is 32.7 Å². The third-order valence-corrected chi connectivity index (χ3v) is 6.51. The maximum absolute atomic E-state index is 13.3. The zero-order valence-corrected chi connectivity index (χ0v) is 25.0. The SMILES string of the molecule is NCCCC[C@H](NC(=O)CCCNc1ccccn1)C(=O)NC(CC(=O)O)c1ccc(-c2ccccc2)cc1.O=C(O)C(F)(F)F. The number of benzene rings is 2. The zero-order valence-electron chi connectivity index (χ0n) is 25.0. The Morgan fingerprint density at radius 1 is 0.826 bits per heavy atom. The number of halogens is 3. The van der Waals surface area contributed by atoms with Gasteiger partial charge in [0.1, 0.15) is 11.9 Å². The predicted octanol–water partition coefficient (Wildman–Crippen LogP) is 4.52. The Labute approximate surface area is 264 Å². The van der Waals surface area contributed by atoms with Gasteiger partial charge in [0.15, 0.2) is 0 Å². The third kappa shape index (κ3) is 14.2. The Morgan fingerprint density at radius 3 is 2.02 bits per heavy atom. The van der Waals surface area contributed by atoms with Gasteiger partial charge >= 0.3 is 18.1 Å². The van der Waals surface area contributed by atoms with E-state index in [0.717, 1.165) is 16.9 Å². The van der Waals surface area contributed by atoms with Crippen molar-refractivity contribution in [2.45, 2.75) is 56.8 Å². The lowest BCUT2D eigenvalue weighted by Gasteiger charge is -2.23. The standard InChI is InChI=1S/C30H37N5O4.C2HF3O2/c31-18-6-4-11-25(34-28(36)13-8-20-33-27-12-5-7-19-32-27)30(39)35-26(21-29(37)38)24-16-14-23(15-17-24)22-9-2-1-3-10-22;3-2(4,5)1(6)7/h1-3,5,7,9-10,12,14-17,19,25-26H,4,6,8,11,13,18,20-21,31H2,(H,32,33)(H,34,36)(H,35,39)(H,37,38);(H,6,7)/t25-,26?;/m0./s1. The minimum atomic E-state index is -5.08. The van der Waals surface area contributed by atoms with Gasteiger partial charge in [0.25, 0.3) is 0 Å². The van der Waals surface area contributed by atoms with Crippen molar-refractivity contribution in [3.63, 3.8) is 0 Å². The number of unbranched alkanes of at least 4 members (excludes halogenated alkanes) is 1. The minimum absolute atomic E-state index is 0.236. The Hall–Kier alpha value is -4.98. The highest BCUT2D eigenvalue weighted by Crippen LogP contribution is 2.24. The minimum Gasteiger partial charge on any atom is -0.481 e. The van der Waals surface area contributed by atoms with Gasteiger partial charge < -0.3 is 31.9 Å². The summed E-state index contributed by atoms with van der Waals surface area (Å²) in [6, 6.07) is 21.3. The molecule has 14 heteroatoms. The van der Waals surface area contributed by atoms with Crippen LogP contribution in [0.1, 0.15) is 50.1 Å². The van der Waals surface area contributed by atoms with Crippen LogP contribution in [0.4, 0.5) is 19.0 Å². The quantitative estimate of drug-likeness (QED) is 0.122. The zero-order chi connectivity index (χ0) is 34.0. The number of carbonyl (C=O) groups excluding carboxylic acids is 2. The lowest BCUT2D eigenvalue weighted by Crippen LogP contribution is -2.48. The summed E-state index contributed by atoms with van der Waals surface area (Å²) in [5.41, 5.74) is 8.33. The molecule has 2 atom stereocenters. The predicted molar refractivity (Wildman–Crippen MR) is 166 cm³/mol. The number of aliphatic carboxylic acids is 2. The smallest absolute Gasteiger partial charge is 0.481 e. The number of carboxylic acid groups (broad SMARTS) is 2. The van der Waals surface area contributed by atoms with Crippen molar-refractivity contribution in [2.24, 2.45) is 5.73 Å². The summed E-state index contributed by atoms with van der Waals surface area (Å²) < 4.78 is 31.7. The first-order valence-corrected chi connectivity index (χ1v) is 14.5. The highest BCUT2D eigenvalue weighted by atomic mass is 19.4. The van der Waals surface area contributed by atoms with Crippen LogP contribution < -0.4 is 21.7 Å². The van der Waals surface area contributed by atoms with Crippen LogP contribution in [0.3, 0.4) is 0 Å². The van der Waals surface area contributed by atoms with Gasteiger partial charge in [-0.05, 0) is 61.1 Å². The molecule has 0 saturated heterocycles. The molecule has 1 heterocycles. The number of nitrogens with one attached hydrogen (secondary N) is 3. The van der Waals surface area contributed by atoms with Crippen molar-refractivity contribution in [1.29, 1.82) is 0 Å². The van der Waals surface area contributed by atoms with Crippen LogP contribution in [0.15, 0.2) is 79.0 Å². The van der Waals surface area contributed by atoms with Crippen molar-refractivity contribution in [1.82, 2.24) is 15.6 Å². The van der Waals surface area contributed by atoms with Gasteiger partial charge in [-0.25, -0.2) is 9.78 Å². The van der Waals surface area contributed by atoms with Gasteiger partial charge in [-0.3, -0.25) is 14.4 Å². The lowest BCUT2D eigenvalue weighted by atomic mass is 9.98. The molecule has 0 aliphatic rings. The average Bonchev–Trinajstić information content (AvgIpc) is 3.03. The number of carbonyl (C=O) groups is 4. The Bertz CT molecular complexity index is 1380. The normalized spacial score (nSPS) is 12.1. The van der Waals surface area contributed by atoms with Crippen molar-refractivity contribution < 1.29 is 42.6 Å². The van der Waals surface area contributed by atoms with E-state index >= 15 is 0 Å².